The molecule has 0 amide bonds. The van der Waals surface area contributed by atoms with Crippen LogP contribution in [-0.2, 0) is 0 Å². The summed E-state index contributed by atoms with van der Waals surface area (Å²) in [5.74, 6) is 4.25. The Labute approximate surface area is 543 Å². The number of hydrogen-bond acceptors (Lipinski definition) is 6. The van der Waals surface area contributed by atoms with Crippen molar-refractivity contribution in [2.24, 2.45) is 0 Å². The van der Waals surface area contributed by atoms with Gasteiger partial charge in [0.05, 0.1) is 34.2 Å². The number of aromatic nitrogens is 12. The summed E-state index contributed by atoms with van der Waals surface area (Å²) in [6.45, 7) is 53.7. The van der Waals surface area contributed by atoms with Gasteiger partial charge in [-0.1, -0.05) is 239 Å². The zero-order chi connectivity index (χ0) is 59.4. The van der Waals surface area contributed by atoms with Crippen molar-refractivity contribution in [3.8, 4) is 0 Å². The predicted molar refractivity (Wildman–Crippen MR) is 342 cm³/mol. The van der Waals surface area contributed by atoms with E-state index in [9.17, 15) is 0 Å². The SMILES string of the molecule is CC(C)c1cc(C(C)C)n([BH-](n2nc(C(C)C)cc2C(C)C)n2nc(C(C)C)cc2C(C)C)n1.CC(C)c1cc(C(C)C)n([BH-](n2nc(C(C)C)cc2C(C)C)n2nc(C(C)C)cc2C(C)C)n1.[I-].[Tm+3].c1ccccc1.c1ccccc1. The Bertz CT molecular complexity index is 2540. The van der Waals surface area contributed by atoms with Crippen LogP contribution >= 0.6 is 0 Å². The molecule has 82 heavy (non-hydrogen) atoms. The van der Waals surface area contributed by atoms with Crippen LogP contribution in [0.4, 0.5) is 0 Å². The van der Waals surface area contributed by atoms with Crippen LogP contribution in [0.2, 0.25) is 0 Å². The van der Waals surface area contributed by atoms with Gasteiger partial charge in [-0.15, -0.1) is 0 Å². The second kappa shape index (κ2) is 32.9. The molecular formula is C66H104B2IN12Tm. The Morgan fingerprint density at radius 2 is 0.329 bits per heavy atom. The van der Waals surface area contributed by atoms with E-state index in [0.29, 0.717) is 71.0 Å². The molecule has 12 nitrogen and oxygen atoms in total. The van der Waals surface area contributed by atoms with Gasteiger partial charge >= 0.3 is 51.1 Å². The summed E-state index contributed by atoms with van der Waals surface area (Å²) in [6, 6.07) is 37.7. The summed E-state index contributed by atoms with van der Waals surface area (Å²) in [5, 5.41) is 31.4. The second-order valence-corrected chi connectivity index (χ2v) is 26.0. The molecule has 6 heterocycles. The minimum atomic E-state index is -1.46. The molecule has 6 aromatic heterocycles. The number of rotatable bonds is 18. The van der Waals surface area contributed by atoms with E-state index >= 15 is 0 Å². The first-order valence-corrected chi connectivity index (χ1v) is 30.6. The van der Waals surface area contributed by atoms with Gasteiger partial charge in [-0.05, 0) is 107 Å². The summed E-state index contributed by atoms with van der Waals surface area (Å²) < 4.78 is 13.6. The summed E-state index contributed by atoms with van der Waals surface area (Å²) in [7, 11) is -2.92. The maximum Gasteiger partial charge on any atom is 3.00 e. The van der Waals surface area contributed by atoms with Gasteiger partial charge in [-0.3, -0.25) is 0 Å². The van der Waals surface area contributed by atoms with Crippen molar-refractivity contribution < 1.29 is 60.9 Å². The molecule has 0 radical (unpaired) electrons. The molecule has 2 aromatic carbocycles. The van der Waals surface area contributed by atoms with E-state index in [4.69, 9.17) is 30.6 Å². The molecule has 0 saturated heterocycles. The van der Waals surface area contributed by atoms with Crippen LogP contribution in [0.3, 0.4) is 0 Å². The van der Waals surface area contributed by atoms with Crippen molar-refractivity contribution >= 4 is 14.2 Å². The monoisotopic (exact) mass is 1380 g/mol. The van der Waals surface area contributed by atoms with Crippen molar-refractivity contribution in [3.05, 3.63) is 178 Å². The van der Waals surface area contributed by atoms with E-state index in [1.165, 1.54) is 34.2 Å². The molecule has 8 aromatic rings. The van der Waals surface area contributed by atoms with Crippen LogP contribution in [0.1, 0.15) is 306 Å². The van der Waals surface area contributed by atoms with Crippen molar-refractivity contribution in [1.29, 1.82) is 0 Å². The first-order chi connectivity index (χ1) is 37.7. The van der Waals surface area contributed by atoms with E-state index in [2.05, 4.69) is 230 Å². The van der Waals surface area contributed by atoms with Gasteiger partial charge in [0.1, 0.15) is 0 Å². The minimum absolute atomic E-state index is 0. The van der Waals surface area contributed by atoms with Crippen molar-refractivity contribution in [1.82, 2.24) is 58.1 Å². The number of halogens is 1. The smallest absolute Gasteiger partial charge is 1.00 e. The van der Waals surface area contributed by atoms with E-state index in [1.807, 2.05) is 72.8 Å². The van der Waals surface area contributed by atoms with E-state index < -0.39 is 14.2 Å². The van der Waals surface area contributed by atoms with Gasteiger partial charge in [-0.2, -0.15) is 0 Å². The minimum Gasteiger partial charge on any atom is -1.00 e. The van der Waals surface area contributed by atoms with Gasteiger partial charge in [-0.25, -0.2) is 30.6 Å². The Balaban J connectivity index is 0.000000348. The Hall–Kier alpha value is -4.21. The molecular weight excluding hydrogens is 1280 g/mol. The Morgan fingerprint density at radius 3 is 0.415 bits per heavy atom. The number of hydrogen-bond donors (Lipinski definition) is 0. The van der Waals surface area contributed by atoms with Crippen LogP contribution in [-0.4, -0.2) is 72.4 Å². The first kappa shape index (κ1) is 72.1. The Morgan fingerprint density at radius 1 is 0.220 bits per heavy atom. The van der Waals surface area contributed by atoms with Crippen LogP contribution in [0.15, 0.2) is 109 Å². The van der Waals surface area contributed by atoms with Gasteiger partial charge in [0, 0.05) is 34.2 Å². The summed E-state index contributed by atoms with van der Waals surface area (Å²) in [4.78, 5) is 0. The normalized spacial score (nSPS) is 11.8. The quantitative estimate of drug-likeness (QED) is 0.0626. The maximum absolute atomic E-state index is 5.23. The predicted octanol–water partition coefficient (Wildman–Crippen LogP) is 13.7. The molecule has 0 aliphatic heterocycles. The van der Waals surface area contributed by atoms with E-state index in [1.54, 1.807) is 0 Å². The fourth-order valence-corrected chi connectivity index (χ4v) is 10.1. The summed E-state index contributed by atoms with van der Waals surface area (Å²) in [5.41, 5.74) is 14.3. The van der Waals surface area contributed by atoms with Crippen LogP contribution in [0.5, 0.6) is 0 Å². The zero-order valence-corrected chi connectivity index (χ0v) is 58.7. The van der Waals surface area contributed by atoms with Gasteiger partial charge < -0.3 is 51.5 Å². The molecule has 0 aliphatic rings. The standard InChI is InChI=1S/2C27H46BN6.2C6H6.HI.Tm/c2*1-16(2)22-13-25(19(7)8)32(29-22)28(33-26(20(9)10)14-23(30-33)17(3)4)34-27(21(11)12)15-24(31-34)18(5)6;2*1-2-4-6-5-3-1;;/h2*13-21,28H,1-12H3;2*1-6H;1H;/q2*-1;;;;+3/p-1. The van der Waals surface area contributed by atoms with E-state index in [0.717, 1.165) is 34.2 Å². The first-order valence-electron chi connectivity index (χ1n) is 30.6. The molecule has 0 saturated carbocycles. The molecule has 8 rings (SSSR count). The van der Waals surface area contributed by atoms with Crippen molar-refractivity contribution in [2.45, 2.75) is 237 Å². The number of nitrogens with zero attached hydrogens (tertiary/aromatic N) is 12. The topological polar surface area (TPSA) is 107 Å². The van der Waals surface area contributed by atoms with Gasteiger partial charge in [0.15, 0.2) is 0 Å². The third-order valence-electron chi connectivity index (χ3n) is 15.0. The van der Waals surface area contributed by atoms with Crippen molar-refractivity contribution in [3.63, 3.8) is 0 Å². The molecule has 0 atom stereocenters. The van der Waals surface area contributed by atoms with Gasteiger partial charge in [0.25, 0.3) is 0 Å². The summed E-state index contributed by atoms with van der Waals surface area (Å²) >= 11 is 0. The molecule has 454 valence electrons. The molecule has 16 heteroatoms. The summed E-state index contributed by atoms with van der Waals surface area (Å²) in [6.07, 6.45) is 0. The Kier molecular flexibility index (Phi) is 28.9. The molecule has 0 spiro atoms. The van der Waals surface area contributed by atoms with Crippen LogP contribution in [0, 0.1) is 36.9 Å². The zero-order valence-electron chi connectivity index (χ0n) is 54.8. The third kappa shape index (κ3) is 18.4. The maximum atomic E-state index is 5.23. The molecule has 0 unspecified atom stereocenters. The fraction of sp³-hybridized carbons (Fsp3) is 0.545. The molecule has 0 bridgehead atoms. The third-order valence-corrected chi connectivity index (χ3v) is 15.0. The van der Waals surface area contributed by atoms with E-state index in [-0.39, 0.29) is 60.9 Å². The average Bonchev–Trinajstić information content (AvgIpc) is 4.43. The second-order valence-electron chi connectivity index (χ2n) is 26.0. The number of benzene rings is 2. The largest absolute Gasteiger partial charge is 3.00 e. The molecule has 0 fully saturated rings. The average molecular weight is 1380 g/mol. The van der Waals surface area contributed by atoms with Gasteiger partial charge in [0.2, 0.25) is 0 Å². The molecule has 0 aliphatic carbocycles. The van der Waals surface area contributed by atoms with Crippen molar-refractivity contribution in [2.75, 3.05) is 0 Å². The van der Waals surface area contributed by atoms with Crippen LogP contribution in [0.25, 0.3) is 0 Å². The van der Waals surface area contributed by atoms with Crippen LogP contribution < -0.4 is 24.0 Å². The molecule has 0 N–H and O–H groups in total. The fourth-order valence-electron chi connectivity index (χ4n) is 10.1.